The molecule has 0 aliphatic heterocycles. The fraction of sp³-hybridized carbons (Fsp3) is 0.714. The number of hydrogen-bond donors (Lipinski definition) is 2. The first-order valence-corrected chi connectivity index (χ1v) is 3.79. The van der Waals surface area contributed by atoms with Crippen molar-refractivity contribution in [1.82, 2.24) is 0 Å². The van der Waals surface area contributed by atoms with Crippen molar-refractivity contribution in [3.05, 3.63) is 0 Å². The summed E-state index contributed by atoms with van der Waals surface area (Å²) < 4.78 is 34.8. The first kappa shape index (κ1) is 12.9. The first-order chi connectivity index (χ1) is 6.22. The van der Waals surface area contributed by atoms with Crippen LogP contribution in [0.25, 0.3) is 0 Å². The van der Waals surface area contributed by atoms with Crippen LogP contribution in [-0.2, 0) is 9.59 Å². The number of carboxylic acids is 1. The molecule has 0 amide bonds. The van der Waals surface area contributed by atoms with Gasteiger partial charge in [-0.05, 0) is 0 Å². The highest BCUT2D eigenvalue weighted by Crippen LogP contribution is 2.21. The predicted molar refractivity (Wildman–Crippen MR) is 40.5 cm³/mol. The summed E-state index contributed by atoms with van der Waals surface area (Å²) >= 11 is 0. The minimum absolute atomic E-state index is 0.564. The molecule has 82 valence electrons. The highest BCUT2D eigenvalue weighted by Gasteiger charge is 2.28. The maximum absolute atomic E-state index is 11.6. The molecule has 1 atom stereocenters. The van der Waals surface area contributed by atoms with E-state index in [1.165, 1.54) is 0 Å². The molecule has 14 heavy (non-hydrogen) atoms. The Labute approximate surface area is 77.9 Å². The molecule has 3 N–H and O–H groups in total. The standard InChI is InChI=1S/C7H10F3NO3/c8-7(9,10)2-1-4(12)3-5(11)6(13)14/h5H,1-3,11H2,(H,13,14)/t5-/m0/s1. The molecule has 0 unspecified atom stereocenters. The van der Waals surface area contributed by atoms with E-state index in [9.17, 15) is 22.8 Å². The Balaban J connectivity index is 3.83. The SMILES string of the molecule is N[C@@H](CC(=O)CCC(F)(F)F)C(=O)O. The van der Waals surface area contributed by atoms with Gasteiger partial charge in [0, 0.05) is 12.8 Å². The van der Waals surface area contributed by atoms with Crippen LogP contribution in [0, 0.1) is 0 Å². The van der Waals surface area contributed by atoms with Gasteiger partial charge in [-0.25, -0.2) is 0 Å². The molecule has 7 heteroatoms. The predicted octanol–water partition coefficient (Wildman–Crippen LogP) is 0.700. The molecule has 0 radical (unpaired) electrons. The van der Waals surface area contributed by atoms with Gasteiger partial charge in [0.1, 0.15) is 11.8 Å². The molecule has 0 spiro atoms. The van der Waals surface area contributed by atoms with E-state index in [1.54, 1.807) is 0 Å². The number of carboxylic acid groups (broad SMARTS) is 1. The van der Waals surface area contributed by atoms with E-state index in [2.05, 4.69) is 0 Å². The summed E-state index contributed by atoms with van der Waals surface area (Å²) in [5, 5.41) is 8.26. The third-order valence-electron chi connectivity index (χ3n) is 1.45. The maximum atomic E-state index is 11.6. The van der Waals surface area contributed by atoms with Crippen LogP contribution in [0.3, 0.4) is 0 Å². The Bertz CT molecular complexity index is 227. The molecule has 0 bridgehead atoms. The second-order valence-electron chi connectivity index (χ2n) is 2.80. The fourth-order valence-corrected chi connectivity index (χ4v) is 0.716. The number of hydrogen-bond acceptors (Lipinski definition) is 3. The summed E-state index contributed by atoms with van der Waals surface area (Å²) in [4.78, 5) is 20.9. The van der Waals surface area contributed by atoms with Crippen molar-refractivity contribution in [2.24, 2.45) is 5.73 Å². The zero-order valence-corrected chi connectivity index (χ0v) is 7.17. The average Bonchev–Trinajstić information content (AvgIpc) is 1.99. The molecule has 0 aromatic heterocycles. The summed E-state index contributed by atoms with van der Waals surface area (Å²) in [5.41, 5.74) is 4.96. The second-order valence-corrected chi connectivity index (χ2v) is 2.80. The Morgan fingerprint density at radius 3 is 2.21 bits per heavy atom. The monoisotopic (exact) mass is 213 g/mol. The van der Waals surface area contributed by atoms with Crippen LogP contribution in [0.1, 0.15) is 19.3 Å². The third-order valence-corrected chi connectivity index (χ3v) is 1.45. The molecule has 0 aromatic rings. The Hall–Kier alpha value is -1.11. The summed E-state index contributed by atoms with van der Waals surface area (Å²) in [5.74, 6) is -2.19. The highest BCUT2D eigenvalue weighted by molar-refractivity contribution is 5.85. The van der Waals surface area contributed by atoms with Crippen LogP contribution in [-0.4, -0.2) is 29.1 Å². The van der Waals surface area contributed by atoms with Crippen molar-refractivity contribution in [2.75, 3.05) is 0 Å². The first-order valence-electron chi connectivity index (χ1n) is 3.79. The quantitative estimate of drug-likeness (QED) is 0.704. The summed E-state index contributed by atoms with van der Waals surface area (Å²) in [6.07, 6.45) is -6.92. The average molecular weight is 213 g/mol. The molecule has 0 aliphatic carbocycles. The van der Waals surface area contributed by atoms with E-state index in [4.69, 9.17) is 10.8 Å². The van der Waals surface area contributed by atoms with Gasteiger partial charge in [-0.1, -0.05) is 0 Å². The van der Waals surface area contributed by atoms with Crippen LogP contribution in [0.2, 0.25) is 0 Å². The molecule has 4 nitrogen and oxygen atoms in total. The Kier molecular flexibility index (Phi) is 4.55. The largest absolute Gasteiger partial charge is 0.480 e. The van der Waals surface area contributed by atoms with E-state index in [-0.39, 0.29) is 0 Å². The number of rotatable bonds is 5. The van der Waals surface area contributed by atoms with Gasteiger partial charge in [0.25, 0.3) is 0 Å². The number of nitrogens with two attached hydrogens (primary N) is 1. The molecular weight excluding hydrogens is 203 g/mol. The van der Waals surface area contributed by atoms with Gasteiger partial charge in [0.15, 0.2) is 0 Å². The molecule has 0 aromatic carbocycles. The molecular formula is C7H10F3NO3. The van der Waals surface area contributed by atoms with Crippen LogP contribution in [0.4, 0.5) is 13.2 Å². The van der Waals surface area contributed by atoms with E-state index >= 15 is 0 Å². The number of ketones is 1. The zero-order valence-electron chi connectivity index (χ0n) is 7.17. The van der Waals surface area contributed by atoms with Crippen LogP contribution >= 0.6 is 0 Å². The lowest BCUT2D eigenvalue weighted by Gasteiger charge is -2.07. The molecule has 0 saturated heterocycles. The van der Waals surface area contributed by atoms with Gasteiger partial charge in [-0.15, -0.1) is 0 Å². The molecule has 0 rings (SSSR count). The lowest BCUT2D eigenvalue weighted by molar-refractivity contribution is -0.145. The van der Waals surface area contributed by atoms with Crippen molar-refractivity contribution < 1.29 is 27.9 Å². The van der Waals surface area contributed by atoms with Crippen LogP contribution in [0.15, 0.2) is 0 Å². The number of halogens is 3. The van der Waals surface area contributed by atoms with Crippen molar-refractivity contribution >= 4 is 11.8 Å². The van der Waals surface area contributed by atoms with Crippen molar-refractivity contribution in [1.29, 1.82) is 0 Å². The number of Topliss-reactive ketones (excluding diaryl/α,β-unsaturated/α-hetero) is 1. The second kappa shape index (κ2) is 4.94. The maximum Gasteiger partial charge on any atom is 0.389 e. The third kappa shape index (κ3) is 6.41. The summed E-state index contributed by atoms with van der Waals surface area (Å²) in [6.45, 7) is 0. The Morgan fingerprint density at radius 2 is 1.86 bits per heavy atom. The summed E-state index contributed by atoms with van der Waals surface area (Å²) in [6, 6.07) is -1.42. The lowest BCUT2D eigenvalue weighted by atomic mass is 10.1. The van der Waals surface area contributed by atoms with Gasteiger partial charge < -0.3 is 10.8 Å². The van der Waals surface area contributed by atoms with Crippen LogP contribution < -0.4 is 5.73 Å². The van der Waals surface area contributed by atoms with Crippen molar-refractivity contribution in [3.8, 4) is 0 Å². The molecule has 0 aliphatic rings. The van der Waals surface area contributed by atoms with E-state index < -0.39 is 43.2 Å². The van der Waals surface area contributed by atoms with E-state index in [0.29, 0.717) is 0 Å². The van der Waals surface area contributed by atoms with E-state index in [1.807, 2.05) is 0 Å². The highest BCUT2D eigenvalue weighted by atomic mass is 19.4. The number of carbonyl (C=O) groups excluding carboxylic acids is 1. The normalized spacial score (nSPS) is 13.7. The fourth-order valence-electron chi connectivity index (χ4n) is 0.716. The molecule has 0 heterocycles. The summed E-state index contributed by atoms with van der Waals surface area (Å²) in [7, 11) is 0. The van der Waals surface area contributed by atoms with Gasteiger partial charge >= 0.3 is 12.1 Å². The van der Waals surface area contributed by atoms with Gasteiger partial charge in [0.2, 0.25) is 0 Å². The van der Waals surface area contributed by atoms with Gasteiger partial charge in [0.05, 0.1) is 6.42 Å². The van der Waals surface area contributed by atoms with Gasteiger partial charge in [-0.2, -0.15) is 13.2 Å². The number of alkyl halides is 3. The minimum Gasteiger partial charge on any atom is -0.480 e. The Morgan fingerprint density at radius 1 is 1.36 bits per heavy atom. The smallest absolute Gasteiger partial charge is 0.389 e. The zero-order chi connectivity index (χ0) is 11.4. The molecule has 0 fully saturated rings. The minimum atomic E-state index is -4.40. The van der Waals surface area contributed by atoms with Gasteiger partial charge in [-0.3, -0.25) is 9.59 Å². The van der Waals surface area contributed by atoms with Crippen molar-refractivity contribution in [2.45, 2.75) is 31.5 Å². The molecule has 0 saturated carbocycles. The topological polar surface area (TPSA) is 80.4 Å². The lowest BCUT2D eigenvalue weighted by Crippen LogP contribution is -2.32. The van der Waals surface area contributed by atoms with Crippen molar-refractivity contribution in [3.63, 3.8) is 0 Å². The van der Waals surface area contributed by atoms with E-state index in [0.717, 1.165) is 0 Å². The number of carbonyl (C=O) groups is 2. The number of aliphatic carboxylic acids is 1. The van der Waals surface area contributed by atoms with Crippen LogP contribution in [0.5, 0.6) is 0 Å².